The van der Waals surface area contributed by atoms with Crippen LogP contribution in [0.4, 0.5) is 5.69 Å². The summed E-state index contributed by atoms with van der Waals surface area (Å²) in [4.78, 5) is 29.7. The fraction of sp³-hybridized carbons (Fsp3) is 0.357. The summed E-state index contributed by atoms with van der Waals surface area (Å²) in [6.07, 6.45) is 2.56. The summed E-state index contributed by atoms with van der Waals surface area (Å²) in [6.45, 7) is 5.78. The highest BCUT2D eigenvalue weighted by molar-refractivity contribution is 6.01. The average Bonchev–Trinajstić information content (AvgIpc) is 3.52. The lowest BCUT2D eigenvalue weighted by molar-refractivity contribution is -0.128. The van der Waals surface area contributed by atoms with E-state index in [9.17, 15) is 9.59 Å². The normalized spacial score (nSPS) is 12.3. The molecular weight excluding hydrogens is 484 g/mol. The minimum Gasteiger partial charge on any atom is -0.497 e. The number of carbonyl (C=O) groups excluding carboxylic acids is 2. The molecule has 4 rings (SSSR count). The number of para-hydroxylation sites is 1. The van der Waals surface area contributed by atoms with E-state index in [0.29, 0.717) is 34.8 Å². The molecule has 0 unspecified atom stereocenters. The van der Waals surface area contributed by atoms with Gasteiger partial charge in [0, 0.05) is 37.0 Å². The second kappa shape index (κ2) is 11.0. The molecule has 38 heavy (non-hydrogen) atoms. The van der Waals surface area contributed by atoms with Gasteiger partial charge in [0.1, 0.15) is 23.6 Å². The van der Waals surface area contributed by atoms with Gasteiger partial charge in [-0.15, -0.1) is 5.10 Å². The van der Waals surface area contributed by atoms with Crippen molar-refractivity contribution in [3.63, 3.8) is 0 Å². The zero-order valence-corrected chi connectivity index (χ0v) is 22.6. The molecule has 10 heteroatoms. The Morgan fingerprint density at radius 2 is 1.74 bits per heavy atom. The first-order valence-electron chi connectivity index (χ1n) is 12.4. The van der Waals surface area contributed by atoms with Crippen LogP contribution in [-0.2, 0) is 23.2 Å². The molecule has 2 amide bonds. The van der Waals surface area contributed by atoms with Gasteiger partial charge in [-0.05, 0) is 44.5 Å². The molecule has 0 saturated carbocycles. The van der Waals surface area contributed by atoms with Gasteiger partial charge >= 0.3 is 0 Å². The number of nitrogens with zero attached hydrogens (tertiary/aromatic N) is 5. The fourth-order valence-corrected chi connectivity index (χ4v) is 4.24. The van der Waals surface area contributed by atoms with Crippen molar-refractivity contribution in [2.45, 2.75) is 45.3 Å². The standard InChI is InChI=1S/C28H34N6O4/c1-7-28(2,3)29-27(36)26(24-13-10-14-32(24)4)34(19-15-20(37-5)17-21(16-19)38-6)25(35)18-33-23-12-9-8-11-22(23)30-31-33/h8-17,26H,7,18H2,1-6H3,(H,29,36)/t26-/m0/s1. The van der Waals surface area contributed by atoms with E-state index in [2.05, 4.69) is 15.6 Å². The Labute approximate surface area is 222 Å². The van der Waals surface area contributed by atoms with Crippen LogP contribution in [0.2, 0.25) is 0 Å². The fourth-order valence-electron chi connectivity index (χ4n) is 4.24. The first-order valence-corrected chi connectivity index (χ1v) is 12.4. The molecule has 4 aromatic rings. The minimum atomic E-state index is -0.986. The monoisotopic (exact) mass is 518 g/mol. The molecule has 0 aliphatic heterocycles. The van der Waals surface area contributed by atoms with Crippen molar-refractivity contribution in [2.75, 3.05) is 19.1 Å². The highest BCUT2D eigenvalue weighted by Gasteiger charge is 2.37. The van der Waals surface area contributed by atoms with E-state index >= 15 is 0 Å². The number of hydrogen-bond donors (Lipinski definition) is 1. The number of nitrogens with one attached hydrogen (secondary N) is 1. The van der Waals surface area contributed by atoms with Gasteiger partial charge in [-0.2, -0.15) is 0 Å². The largest absolute Gasteiger partial charge is 0.497 e. The van der Waals surface area contributed by atoms with E-state index in [1.807, 2.05) is 75.0 Å². The number of amides is 2. The smallest absolute Gasteiger partial charge is 0.249 e. The van der Waals surface area contributed by atoms with Crippen molar-refractivity contribution in [1.29, 1.82) is 0 Å². The van der Waals surface area contributed by atoms with Gasteiger partial charge in [0.05, 0.1) is 31.1 Å². The lowest BCUT2D eigenvalue weighted by Crippen LogP contribution is -2.51. The highest BCUT2D eigenvalue weighted by atomic mass is 16.5. The number of ether oxygens (including phenoxy) is 2. The zero-order chi connectivity index (χ0) is 27.4. The lowest BCUT2D eigenvalue weighted by Gasteiger charge is -2.35. The van der Waals surface area contributed by atoms with Gasteiger partial charge < -0.3 is 19.4 Å². The van der Waals surface area contributed by atoms with Gasteiger partial charge in [-0.25, -0.2) is 4.68 Å². The summed E-state index contributed by atoms with van der Waals surface area (Å²) in [7, 11) is 4.93. The van der Waals surface area contributed by atoms with Crippen LogP contribution in [0, 0.1) is 0 Å². The first kappa shape index (κ1) is 26.7. The van der Waals surface area contributed by atoms with Gasteiger partial charge in [0.25, 0.3) is 0 Å². The van der Waals surface area contributed by atoms with Crippen molar-refractivity contribution in [3.05, 3.63) is 66.5 Å². The number of fused-ring (bicyclic) bond motifs is 1. The number of methoxy groups -OCH3 is 2. The molecular formula is C28H34N6O4. The van der Waals surface area contributed by atoms with E-state index in [1.54, 1.807) is 18.2 Å². The summed E-state index contributed by atoms with van der Waals surface area (Å²) in [5, 5.41) is 11.5. The molecule has 0 bridgehead atoms. The van der Waals surface area contributed by atoms with Gasteiger partial charge in [0.2, 0.25) is 11.8 Å². The molecule has 200 valence electrons. The highest BCUT2D eigenvalue weighted by Crippen LogP contribution is 2.35. The van der Waals surface area contributed by atoms with Crippen molar-refractivity contribution in [2.24, 2.45) is 7.05 Å². The van der Waals surface area contributed by atoms with Crippen LogP contribution in [0.15, 0.2) is 60.8 Å². The van der Waals surface area contributed by atoms with Gasteiger partial charge in [0.15, 0.2) is 6.04 Å². The predicted molar refractivity (Wildman–Crippen MR) is 145 cm³/mol. The Hall–Kier alpha value is -4.34. The van der Waals surface area contributed by atoms with Crippen LogP contribution in [-0.4, -0.2) is 51.1 Å². The minimum absolute atomic E-state index is 0.134. The van der Waals surface area contributed by atoms with Gasteiger partial charge in [-0.3, -0.25) is 14.5 Å². The van der Waals surface area contributed by atoms with Crippen molar-refractivity contribution in [3.8, 4) is 11.5 Å². The molecule has 2 aromatic heterocycles. The quantitative estimate of drug-likeness (QED) is 0.342. The van der Waals surface area contributed by atoms with Crippen molar-refractivity contribution >= 4 is 28.5 Å². The molecule has 0 radical (unpaired) electrons. The van der Waals surface area contributed by atoms with Crippen LogP contribution < -0.4 is 19.7 Å². The lowest BCUT2D eigenvalue weighted by atomic mass is 10.00. The molecule has 0 aliphatic carbocycles. The second-order valence-corrected chi connectivity index (χ2v) is 9.74. The van der Waals surface area contributed by atoms with Crippen LogP contribution >= 0.6 is 0 Å². The number of hydrogen-bond acceptors (Lipinski definition) is 6. The van der Waals surface area contributed by atoms with E-state index in [0.717, 1.165) is 5.52 Å². The molecule has 2 heterocycles. The number of aromatic nitrogens is 4. The van der Waals surface area contributed by atoms with Crippen LogP contribution in [0.3, 0.4) is 0 Å². The molecule has 0 aliphatic rings. The number of anilines is 1. The first-order chi connectivity index (χ1) is 18.2. The number of aryl methyl sites for hydroxylation is 1. The van der Waals surface area contributed by atoms with Gasteiger partial charge in [-0.1, -0.05) is 24.3 Å². The molecule has 1 atom stereocenters. The Morgan fingerprint density at radius 1 is 1.05 bits per heavy atom. The van der Waals surface area contributed by atoms with Crippen molar-refractivity contribution < 1.29 is 19.1 Å². The summed E-state index contributed by atoms with van der Waals surface area (Å²) >= 11 is 0. The topological polar surface area (TPSA) is 104 Å². The SMILES string of the molecule is CCC(C)(C)NC(=O)[C@H](c1cccn1C)N(C(=O)Cn1nnc2ccccc21)c1cc(OC)cc(OC)c1. The van der Waals surface area contributed by atoms with E-state index in [-0.39, 0.29) is 18.4 Å². The molecule has 2 aromatic carbocycles. The third kappa shape index (κ3) is 5.49. The maximum absolute atomic E-state index is 14.2. The molecule has 0 fully saturated rings. The van der Waals surface area contributed by atoms with E-state index in [1.165, 1.54) is 23.8 Å². The van der Waals surface area contributed by atoms with Crippen LogP contribution in [0.25, 0.3) is 11.0 Å². The number of rotatable bonds is 10. The summed E-state index contributed by atoms with van der Waals surface area (Å²) in [5.41, 5.74) is 2.01. The number of benzene rings is 2. The molecule has 0 saturated heterocycles. The predicted octanol–water partition coefficient (Wildman–Crippen LogP) is 3.87. The summed E-state index contributed by atoms with van der Waals surface area (Å²) in [5.74, 6) is 0.315. The Kier molecular flexibility index (Phi) is 7.70. The third-order valence-electron chi connectivity index (χ3n) is 6.70. The summed E-state index contributed by atoms with van der Waals surface area (Å²) in [6, 6.07) is 15.3. The molecule has 1 N–H and O–H groups in total. The van der Waals surface area contributed by atoms with Crippen LogP contribution in [0.1, 0.15) is 38.9 Å². The maximum atomic E-state index is 14.2. The molecule has 0 spiro atoms. The second-order valence-electron chi connectivity index (χ2n) is 9.74. The third-order valence-corrected chi connectivity index (χ3v) is 6.70. The molecule has 10 nitrogen and oxygen atoms in total. The Bertz CT molecular complexity index is 1420. The van der Waals surface area contributed by atoms with E-state index < -0.39 is 11.6 Å². The van der Waals surface area contributed by atoms with E-state index in [4.69, 9.17) is 9.47 Å². The average molecular weight is 519 g/mol. The number of carbonyl (C=O) groups is 2. The Balaban J connectivity index is 1.87. The summed E-state index contributed by atoms with van der Waals surface area (Å²) < 4.78 is 14.4. The zero-order valence-electron chi connectivity index (χ0n) is 22.6. The van der Waals surface area contributed by atoms with Crippen molar-refractivity contribution in [1.82, 2.24) is 24.9 Å². The maximum Gasteiger partial charge on any atom is 0.249 e. The van der Waals surface area contributed by atoms with Crippen LogP contribution in [0.5, 0.6) is 11.5 Å². The Morgan fingerprint density at radius 3 is 2.34 bits per heavy atom.